The molecule has 0 amide bonds. The lowest BCUT2D eigenvalue weighted by molar-refractivity contribution is -0.132. The minimum atomic E-state index is -4.35. The second-order valence-corrected chi connectivity index (χ2v) is 81.7. The van der Waals surface area contributed by atoms with Crippen molar-refractivity contribution in [3.05, 3.63) is 70.8 Å². The van der Waals surface area contributed by atoms with Gasteiger partial charge < -0.3 is 120 Å². The lowest BCUT2D eigenvalue weighted by Gasteiger charge is -2.44. The molecule has 26 nitrogen and oxygen atoms in total. The first-order valence-electron chi connectivity index (χ1n) is 45.2. The van der Waals surface area contributed by atoms with Crippen LogP contribution in [0.2, 0.25) is 167 Å². The maximum absolute atomic E-state index is 13.5. The number of hydrogen-bond donors (Lipinski definition) is 6. The Hall–Kier alpha value is -0.634. The highest BCUT2D eigenvalue weighted by molar-refractivity contribution is 6.91. The zero-order valence-electron chi connectivity index (χ0n) is 83.2. The molecular formula is C84H174F6O26Si11. The van der Waals surface area contributed by atoms with Crippen molar-refractivity contribution in [2.24, 2.45) is 0 Å². The van der Waals surface area contributed by atoms with Crippen molar-refractivity contribution >= 4 is 93.2 Å². The van der Waals surface area contributed by atoms with Gasteiger partial charge in [-0.15, -0.1) is 0 Å². The molecule has 10 unspecified atom stereocenters. The molecule has 2 aromatic carbocycles. The van der Waals surface area contributed by atoms with Crippen LogP contribution in [0.1, 0.15) is 130 Å². The van der Waals surface area contributed by atoms with Gasteiger partial charge in [-0.3, -0.25) is 0 Å². The van der Waals surface area contributed by atoms with Crippen LogP contribution in [0.3, 0.4) is 0 Å². The standard InChI is InChI=1S/C30H69F3O10Si5.C30H49F3O8Si3.C24H56O8Si3/c1-26(34)22-38-28(3)24-36-17-14-19-44(5,6)40-46(9,10)42-48(13,21-16-30(31,32)33)43-47(11,12)41-45(7,8)20-15-18-37-25-29(4)39-23-27(2)35;1-24(34)18-36-20-26-8-12-28(13-9-26)22-38-42(3,4)40-44(7,17-16-30(31,32)33)41-43(5,6)39-23-29-14-10-27(11-15-29)21-37-19-25(2)35;1-21(25)17-29-23(3)19-27-13-11-15-33(5,6)31-35(9,10)32-34(7,8)16-12-14-28-20-24(4)30-18-22(2)26/h26-29,34-35H,14-25H2,1-13H3;8-15,24-25,34-35H,16-23H2,1-7H3;21-26H,11-20H2,1-10H3. The van der Waals surface area contributed by atoms with Gasteiger partial charge in [0, 0.05) is 39.3 Å². The Kier molecular flexibility index (Phi) is 61.3. The molecule has 752 valence electrons. The average Bonchev–Trinajstić information content (AvgIpc) is 0.801. The third-order valence-electron chi connectivity index (χ3n) is 18.3. The number of aliphatic hydroxyl groups is 6. The smallest absolute Gasteiger partial charge is 0.389 e. The Bertz CT molecular complexity index is 2950. The summed E-state index contributed by atoms with van der Waals surface area (Å²) in [5, 5.41) is 55.9. The van der Waals surface area contributed by atoms with Crippen LogP contribution in [0.4, 0.5) is 26.3 Å². The predicted molar refractivity (Wildman–Crippen MR) is 515 cm³/mol. The molecule has 127 heavy (non-hydrogen) atoms. The summed E-state index contributed by atoms with van der Waals surface area (Å²) in [6.45, 7) is 65.1. The van der Waals surface area contributed by atoms with Crippen LogP contribution >= 0.6 is 0 Å². The van der Waals surface area contributed by atoms with Gasteiger partial charge in [-0.2, -0.15) is 26.3 Å². The Morgan fingerprint density at radius 3 is 0.654 bits per heavy atom. The van der Waals surface area contributed by atoms with E-state index in [1.807, 2.05) is 129 Å². The first-order valence-corrected chi connectivity index (χ1v) is 76.8. The molecule has 43 heteroatoms. The maximum atomic E-state index is 13.5. The summed E-state index contributed by atoms with van der Waals surface area (Å²) < 4.78 is 201. The molecule has 0 aliphatic heterocycles. The van der Waals surface area contributed by atoms with E-state index in [1.165, 1.54) is 0 Å². The number of benzene rings is 2. The third-order valence-corrected chi connectivity index (χ3v) is 60.0. The van der Waals surface area contributed by atoms with Crippen molar-refractivity contribution in [2.75, 3.05) is 92.5 Å². The van der Waals surface area contributed by atoms with E-state index in [-0.39, 0.29) is 76.1 Å². The highest BCUT2D eigenvalue weighted by Crippen LogP contribution is 2.37. The lowest BCUT2D eigenvalue weighted by atomic mass is 10.1. The Morgan fingerprint density at radius 2 is 0.449 bits per heavy atom. The van der Waals surface area contributed by atoms with Crippen molar-refractivity contribution in [3.8, 4) is 0 Å². The number of aliphatic hydroxyl groups excluding tert-OH is 6. The molecule has 0 heterocycles. The van der Waals surface area contributed by atoms with Crippen LogP contribution in [0.15, 0.2) is 48.5 Å². The van der Waals surface area contributed by atoms with E-state index in [0.29, 0.717) is 79.3 Å². The quantitative estimate of drug-likeness (QED) is 0.0204. The Labute approximate surface area is 772 Å². The normalized spacial score (nSPS) is 16.7. The Balaban J connectivity index is 0.00000190. The number of hydrogen-bond acceptors (Lipinski definition) is 26. The van der Waals surface area contributed by atoms with Gasteiger partial charge in [-0.25, -0.2) is 0 Å². The molecule has 0 radical (unpaired) electrons. The maximum Gasteiger partial charge on any atom is 0.389 e. The third kappa shape index (κ3) is 73.3. The number of halogens is 6. The summed E-state index contributed by atoms with van der Waals surface area (Å²) in [6, 6.07) is 18.4. The predicted octanol–water partition coefficient (Wildman–Crippen LogP) is 18.5. The molecule has 0 spiro atoms. The molecule has 0 fully saturated rings. The molecule has 0 aliphatic rings. The highest BCUT2D eigenvalue weighted by Gasteiger charge is 2.51. The van der Waals surface area contributed by atoms with Crippen LogP contribution in [-0.2, 0) is 116 Å². The molecule has 2 aromatic rings. The minimum absolute atomic E-state index is 0.0183. The molecule has 6 N–H and O–H groups in total. The van der Waals surface area contributed by atoms with E-state index in [2.05, 4.69) is 65.5 Å². The van der Waals surface area contributed by atoms with Crippen LogP contribution < -0.4 is 0 Å². The van der Waals surface area contributed by atoms with Crippen molar-refractivity contribution in [2.45, 2.75) is 375 Å². The summed E-state index contributed by atoms with van der Waals surface area (Å²) >= 11 is 0. The minimum Gasteiger partial charge on any atom is -0.437 e. The summed E-state index contributed by atoms with van der Waals surface area (Å²) in [5.41, 5.74) is 3.69. The monoisotopic (exact) mass is 2020 g/mol. The van der Waals surface area contributed by atoms with E-state index < -0.39 is 155 Å². The molecule has 0 saturated heterocycles. The summed E-state index contributed by atoms with van der Waals surface area (Å²) in [6.07, 6.45) is -10.5. The van der Waals surface area contributed by atoms with Gasteiger partial charge >= 0.3 is 72.3 Å². The highest BCUT2D eigenvalue weighted by atomic mass is 28.5. The van der Waals surface area contributed by atoms with E-state index in [9.17, 15) is 57.0 Å². The lowest BCUT2D eigenvalue weighted by Crippen LogP contribution is -2.60. The summed E-state index contributed by atoms with van der Waals surface area (Å²) in [5.74, 6) is 0. The van der Waals surface area contributed by atoms with Crippen LogP contribution in [0, 0.1) is 0 Å². The zero-order chi connectivity index (χ0) is 97.6. The van der Waals surface area contributed by atoms with Crippen LogP contribution in [0.25, 0.3) is 0 Å². The zero-order valence-corrected chi connectivity index (χ0v) is 94.2. The first kappa shape index (κ1) is 126. The van der Waals surface area contributed by atoms with Crippen LogP contribution in [0.5, 0.6) is 0 Å². The first-order chi connectivity index (χ1) is 58.0. The fourth-order valence-corrected chi connectivity index (χ4v) is 64.4. The average molecular weight is 2020 g/mol. The molecule has 0 aliphatic carbocycles. The van der Waals surface area contributed by atoms with Crippen molar-refractivity contribution in [1.82, 2.24) is 0 Å². The second-order valence-electron chi connectivity index (χ2n) is 39.0. The van der Waals surface area contributed by atoms with E-state index in [1.54, 1.807) is 54.6 Å². The van der Waals surface area contributed by atoms with Crippen molar-refractivity contribution in [1.29, 1.82) is 0 Å². The number of ether oxygens (including phenoxy) is 10. The van der Waals surface area contributed by atoms with Crippen molar-refractivity contribution in [3.63, 3.8) is 0 Å². The Morgan fingerprint density at radius 1 is 0.252 bits per heavy atom. The van der Waals surface area contributed by atoms with Gasteiger partial charge in [0.15, 0.2) is 33.3 Å². The van der Waals surface area contributed by atoms with Gasteiger partial charge in [-0.05, 0) is 284 Å². The largest absolute Gasteiger partial charge is 0.437 e. The molecular weight excluding hydrogens is 1850 g/mol. The van der Waals surface area contributed by atoms with Gasteiger partial charge in [-0.1, -0.05) is 48.5 Å². The van der Waals surface area contributed by atoms with E-state index in [0.717, 1.165) is 72.1 Å². The summed E-state index contributed by atoms with van der Waals surface area (Å²) in [4.78, 5) is 0. The summed E-state index contributed by atoms with van der Waals surface area (Å²) in [7, 11) is -28.9. The molecule has 0 aromatic heterocycles. The fraction of sp³-hybridized carbons (Fsp3) is 0.857. The van der Waals surface area contributed by atoms with Gasteiger partial charge in [0.25, 0.3) is 0 Å². The number of rotatable bonds is 70. The van der Waals surface area contributed by atoms with Crippen molar-refractivity contribution < 1.29 is 146 Å². The van der Waals surface area contributed by atoms with Gasteiger partial charge in [0.2, 0.25) is 0 Å². The fourth-order valence-electron chi connectivity index (χ4n) is 13.5. The topological polar surface area (TPSA) is 306 Å². The van der Waals surface area contributed by atoms with Gasteiger partial charge in [0.05, 0.1) is 154 Å². The van der Waals surface area contributed by atoms with E-state index in [4.69, 9.17) is 89.1 Å². The van der Waals surface area contributed by atoms with E-state index >= 15 is 0 Å². The SMILES string of the molecule is CC(O)COC(C)COCCC[Si](C)(C)O[Si](C)(C)O[Si](C)(C)CCCOCC(C)OCC(C)O.CC(O)COC(C)COCCC[Si](C)(C)O[Si](C)(C)O[Si](C)(CCC(F)(F)F)O[Si](C)(C)O[Si](C)(C)CCCOCC(C)OCC(C)O.CC(O)COCc1ccc(CO[Si](C)(C)O[Si](C)(CCC(F)(F)F)O[Si](C)(C)OCc2ccc(COCC(C)O)cc2)cc1. The van der Waals surface area contributed by atoms with Crippen LogP contribution in [-0.4, -0.2) is 290 Å². The molecule has 0 saturated carbocycles. The molecule has 10 atom stereocenters. The second kappa shape index (κ2) is 61.6. The number of alkyl halides is 6. The molecule has 0 bridgehead atoms. The molecule has 2 rings (SSSR count). The van der Waals surface area contributed by atoms with Gasteiger partial charge in [0.1, 0.15) is 0 Å².